The van der Waals surface area contributed by atoms with Crippen molar-refractivity contribution >= 4 is 17.3 Å². The van der Waals surface area contributed by atoms with Gasteiger partial charge in [0.1, 0.15) is 0 Å². The van der Waals surface area contributed by atoms with Crippen molar-refractivity contribution in [2.75, 3.05) is 5.32 Å². The Kier molecular flexibility index (Phi) is 2.92. The molecule has 1 aromatic heterocycles. The van der Waals surface area contributed by atoms with Crippen LogP contribution in [0.4, 0.5) is 5.69 Å². The number of hydrogen-bond acceptors (Lipinski definition) is 2. The Hall–Kier alpha value is -1.48. The summed E-state index contributed by atoms with van der Waals surface area (Å²) < 4.78 is 1.78. The highest BCUT2D eigenvalue weighted by molar-refractivity contribution is 6.33. The summed E-state index contributed by atoms with van der Waals surface area (Å²) >= 11 is 6.01. The summed E-state index contributed by atoms with van der Waals surface area (Å²) in [5, 5.41) is 8.09. The third kappa shape index (κ3) is 2.50. The molecule has 0 saturated heterocycles. The minimum Gasteiger partial charge on any atom is -0.380 e. The highest BCUT2D eigenvalue weighted by atomic mass is 35.5. The monoisotopic (exact) mass is 221 g/mol. The molecule has 2 rings (SSSR count). The number of aromatic nitrogens is 2. The number of para-hydroxylation sites is 1. The zero-order chi connectivity index (χ0) is 10.7. The van der Waals surface area contributed by atoms with E-state index in [0.29, 0.717) is 0 Å². The van der Waals surface area contributed by atoms with Crippen LogP contribution in [0.2, 0.25) is 5.02 Å². The molecule has 0 atom stereocenters. The van der Waals surface area contributed by atoms with Gasteiger partial charge in [0.05, 0.1) is 16.9 Å². The highest BCUT2D eigenvalue weighted by Crippen LogP contribution is 2.20. The van der Waals surface area contributed by atoms with Gasteiger partial charge < -0.3 is 5.32 Å². The number of anilines is 1. The van der Waals surface area contributed by atoms with E-state index in [1.165, 1.54) is 0 Å². The molecule has 78 valence electrons. The Morgan fingerprint density at radius 3 is 2.87 bits per heavy atom. The predicted molar refractivity (Wildman–Crippen MR) is 62.0 cm³/mol. The summed E-state index contributed by atoms with van der Waals surface area (Å²) in [4.78, 5) is 0. The van der Waals surface area contributed by atoms with Crippen LogP contribution in [0.1, 0.15) is 5.56 Å². The maximum atomic E-state index is 6.01. The quantitative estimate of drug-likeness (QED) is 0.864. The summed E-state index contributed by atoms with van der Waals surface area (Å²) in [6, 6.07) is 7.70. The van der Waals surface area contributed by atoms with E-state index in [2.05, 4.69) is 10.4 Å². The lowest BCUT2D eigenvalue weighted by molar-refractivity contribution is 0.767. The van der Waals surface area contributed by atoms with Gasteiger partial charge in [-0.1, -0.05) is 23.7 Å². The molecular weight excluding hydrogens is 210 g/mol. The van der Waals surface area contributed by atoms with E-state index in [1.807, 2.05) is 43.7 Å². The van der Waals surface area contributed by atoms with Crippen LogP contribution in [-0.4, -0.2) is 9.78 Å². The molecule has 0 radical (unpaired) electrons. The molecule has 0 bridgehead atoms. The van der Waals surface area contributed by atoms with Gasteiger partial charge >= 0.3 is 0 Å². The number of nitrogens with zero attached hydrogens (tertiary/aromatic N) is 2. The Balaban J connectivity index is 2.02. The summed E-state index contributed by atoms with van der Waals surface area (Å²) in [5.74, 6) is 0. The first-order chi connectivity index (χ1) is 7.25. The molecule has 0 aliphatic heterocycles. The lowest BCUT2D eigenvalue weighted by Crippen LogP contribution is -1.98. The second-order valence-electron chi connectivity index (χ2n) is 3.36. The zero-order valence-corrected chi connectivity index (χ0v) is 9.20. The second-order valence-corrected chi connectivity index (χ2v) is 3.76. The summed E-state index contributed by atoms with van der Waals surface area (Å²) in [5.41, 5.74) is 2.08. The Morgan fingerprint density at radius 1 is 1.40 bits per heavy atom. The van der Waals surface area contributed by atoms with Gasteiger partial charge in [-0.3, -0.25) is 4.68 Å². The smallest absolute Gasteiger partial charge is 0.0637 e. The van der Waals surface area contributed by atoms with Gasteiger partial charge in [0, 0.05) is 25.4 Å². The molecule has 0 unspecified atom stereocenters. The first-order valence-corrected chi connectivity index (χ1v) is 5.09. The molecule has 0 aliphatic rings. The molecule has 15 heavy (non-hydrogen) atoms. The number of benzene rings is 1. The van der Waals surface area contributed by atoms with Crippen molar-refractivity contribution in [1.82, 2.24) is 9.78 Å². The molecule has 0 saturated carbocycles. The largest absolute Gasteiger partial charge is 0.380 e. The molecule has 0 fully saturated rings. The van der Waals surface area contributed by atoms with Crippen LogP contribution in [0, 0.1) is 0 Å². The Labute approximate surface area is 93.7 Å². The molecule has 4 heteroatoms. The van der Waals surface area contributed by atoms with E-state index >= 15 is 0 Å². The van der Waals surface area contributed by atoms with E-state index in [0.717, 1.165) is 22.8 Å². The standard InChI is InChI=1S/C11H12ClN3/c1-15-8-9(7-14-15)6-13-11-5-3-2-4-10(11)12/h2-5,7-8,13H,6H2,1H3. The van der Waals surface area contributed by atoms with Crippen LogP contribution < -0.4 is 5.32 Å². The first kappa shape index (κ1) is 10.1. The normalized spacial score (nSPS) is 10.3. The average molecular weight is 222 g/mol. The van der Waals surface area contributed by atoms with Gasteiger partial charge in [-0.25, -0.2) is 0 Å². The van der Waals surface area contributed by atoms with E-state index in [4.69, 9.17) is 11.6 Å². The Bertz CT molecular complexity index is 451. The van der Waals surface area contributed by atoms with Crippen LogP contribution in [0.3, 0.4) is 0 Å². The lowest BCUT2D eigenvalue weighted by atomic mass is 10.3. The molecule has 0 spiro atoms. The van der Waals surface area contributed by atoms with Crippen molar-refractivity contribution in [3.05, 3.63) is 47.2 Å². The van der Waals surface area contributed by atoms with Gasteiger partial charge in [-0.05, 0) is 12.1 Å². The Morgan fingerprint density at radius 2 is 2.20 bits per heavy atom. The maximum absolute atomic E-state index is 6.01. The van der Waals surface area contributed by atoms with E-state index in [9.17, 15) is 0 Å². The zero-order valence-electron chi connectivity index (χ0n) is 8.44. The van der Waals surface area contributed by atoms with Gasteiger partial charge in [-0.2, -0.15) is 5.10 Å². The van der Waals surface area contributed by atoms with Gasteiger partial charge in [-0.15, -0.1) is 0 Å². The fourth-order valence-electron chi connectivity index (χ4n) is 1.37. The highest BCUT2D eigenvalue weighted by Gasteiger charge is 1.99. The van der Waals surface area contributed by atoms with Crippen LogP contribution in [0.25, 0.3) is 0 Å². The van der Waals surface area contributed by atoms with Crippen LogP contribution in [0.15, 0.2) is 36.7 Å². The van der Waals surface area contributed by atoms with Gasteiger partial charge in [0.15, 0.2) is 0 Å². The van der Waals surface area contributed by atoms with Crippen molar-refractivity contribution in [1.29, 1.82) is 0 Å². The predicted octanol–water partition coefficient (Wildman–Crippen LogP) is 2.69. The number of nitrogens with one attached hydrogen (secondary N) is 1. The molecule has 1 aromatic carbocycles. The van der Waals surface area contributed by atoms with Gasteiger partial charge in [0.25, 0.3) is 0 Å². The van der Waals surface area contributed by atoms with E-state index < -0.39 is 0 Å². The summed E-state index contributed by atoms with van der Waals surface area (Å²) in [6.07, 6.45) is 3.81. The number of rotatable bonds is 3. The third-order valence-corrected chi connectivity index (χ3v) is 2.44. The lowest BCUT2D eigenvalue weighted by Gasteiger charge is -2.05. The van der Waals surface area contributed by atoms with Crippen molar-refractivity contribution in [3.63, 3.8) is 0 Å². The minimum absolute atomic E-state index is 0.734. The maximum Gasteiger partial charge on any atom is 0.0637 e. The third-order valence-electron chi connectivity index (χ3n) is 2.12. The second kappa shape index (κ2) is 4.36. The number of halogens is 1. The SMILES string of the molecule is Cn1cc(CNc2ccccc2Cl)cn1. The van der Waals surface area contributed by atoms with Crippen molar-refractivity contribution in [3.8, 4) is 0 Å². The van der Waals surface area contributed by atoms with Crippen molar-refractivity contribution in [2.45, 2.75) is 6.54 Å². The van der Waals surface area contributed by atoms with E-state index in [-0.39, 0.29) is 0 Å². The van der Waals surface area contributed by atoms with Crippen LogP contribution in [-0.2, 0) is 13.6 Å². The molecule has 1 N–H and O–H groups in total. The average Bonchev–Trinajstić information content (AvgIpc) is 2.63. The molecule has 3 nitrogen and oxygen atoms in total. The molecule has 2 aromatic rings. The molecule has 0 amide bonds. The molecule has 1 heterocycles. The number of hydrogen-bond donors (Lipinski definition) is 1. The van der Waals surface area contributed by atoms with Gasteiger partial charge in [0.2, 0.25) is 0 Å². The van der Waals surface area contributed by atoms with Crippen LogP contribution in [0.5, 0.6) is 0 Å². The summed E-state index contributed by atoms with van der Waals surface area (Å²) in [6.45, 7) is 0.734. The first-order valence-electron chi connectivity index (χ1n) is 4.71. The van der Waals surface area contributed by atoms with Crippen LogP contribution >= 0.6 is 11.6 Å². The minimum atomic E-state index is 0.734. The number of aryl methyl sites for hydroxylation is 1. The summed E-state index contributed by atoms with van der Waals surface area (Å²) in [7, 11) is 1.90. The fourth-order valence-corrected chi connectivity index (χ4v) is 1.57. The van der Waals surface area contributed by atoms with Crippen molar-refractivity contribution in [2.24, 2.45) is 7.05 Å². The van der Waals surface area contributed by atoms with Crippen molar-refractivity contribution < 1.29 is 0 Å². The topological polar surface area (TPSA) is 29.9 Å². The molecule has 0 aliphatic carbocycles. The van der Waals surface area contributed by atoms with E-state index in [1.54, 1.807) is 4.68 Å². The fraction of sp³-hybridized carbons (Fsp3) is 0.182. The molecular formula is C11H12ClN3.